The van der Waals surface area contributed by atoms with E-state index in [1.807, 2.05) is 7.05 Å². The lowest BCUT2D eigenvalue weighted by atomic mass is 9.87. The minimum absolute atomic E-state index is 0.269. The Morgan fingerprint density at radius 1 is 1.60 bits per heavy atom. The third-order valence-electron chi connectivity index (χ3n) is 3.20. The molecule has 2 atom stereocenters. The summed E-state index contributed by atoms with van der Waals surface area (Å²) in [5.41, 5.74) is 0. The quantitative estimate of drug-likeness (QED) is 0.696. The zero-order chi connectivity index (χ0) is 11.3. The van der Waals surface area contributed by atoms with Gasteiger partial charge in [-0.05, 0) is 38.8 Å². The van der Waals surface area contributed by atoms with Crippen LogP contribution in [-0.4, -0.2) is 41.9 Å². The highest BCUT2D eigenvalue weighted by Gasteiger charge is 2.26. The van der Waals surface area contributed by atoms with E-state index >= 15 is 0 Å². The predicted octanol–water partition coefficient (Wildman–Crippen LogP) is 1.15. The van der Waals surface area contributed by atoms with Gasteiger partial charge in [0.05, 0.1) is 0 Å². The van der Waals surface area contributed by atoms with Gasteiger partial charge in [-0.1, -0.05) is 0 Å². The van der Waals surface area contributed by atoms with Crippen molar-refractivity contribution < 1.29 is 14.7 Å². The fourth-order valence-corrected chi connectivity index (χ4v) is 2.28. The Hall–Kier alpha value is -0.900. The molecule has 86 valence electrons. The molecular formula is C11H19NO3. The maximum Gasteiger partial charge on any atom is 0.303 e. The molecule has 15 heavy (non-hydrogen) atoms. The van der Waals surface area contributed by atoms with Crippen molar-refractivity contribution in [2.75, 3.05) is 13.6 Å². The van der Waals surface area contributed by atoms with E-state index < -0.39 is 5.97 Å². The van der Waals surface area contributed by atoms with Crippen LogP contribution in [0.25, 0.3) is 0 Å². The molecule has 1 saturated heterocycles. The van der Waals surface area contributed by atoms with Crippen LogP contribution in [0.15, 0.2) is 0 Å². The molecule has 4 nitrogen and oxygen atoms in total. The Kier molecular flexibility index (Phi) is 4.75. The van der Waals surface area contributed by atoms with Crippen molar-refractivity contribution in [3.63, 3.8) is 0 Å². The Labute approximate surface area is 90.3 Å². The van der Waals surface area contributed by atoms with Crippen LogP contribution in [0.3, 0.4) is 0 Å². The molecule has 0 radical (unpaired) electrons. The normalized spacial score (nSPS) is 27.5. The van der Waals surface area contributed by atoms with E-state index in [0.29, 0.717) is 12.5 Å². The van der Waals surface area contributed by atoms with E-state index in [0.717, 1.165) is 32.1 Å². The van der Waals surface area contributed by atoms with Crippen LogP contribution >= 0.6 is 0 Å². The van der Waals surface area contributed by atoms with Crippen molar-refractivity contribution in [3.8, 4) is 0 Å². The molecule has 0 aromatic carbocycles. The van der Waals surface area contributed by atoms with Gasteiger partial charge in [0.1, 0.15) is 6.29 Å². The van der Waals surface area contributed by atoms with Crippen LogP contribution in [0.5, 0.6) is 0 Å². The Morgan fingerprint density at radius 3 is 2.93 bits per heavy atom. The van der Waals surface area contributed by atoms with Crippen molar-refractivity contribution in [1.29, 1.82) is 0 Å². The number of piperidine rings is 1. The summed E-state index contributed by atoms with van der Waals surface area (Å²) in [5.74, 6) is -0.422. The van der Waals surface area contributed by atoms with Crippen molar-refractivity contribution in [1.82, 2.24) is 4.90 Å². The minimum atomic E-state index is -0.710. The molecule has 1 N–H and O–H groups in total. The van der Waals surface area contributed by atoms with E-state index in [-0.39, 0.29) is 12.3 Å². The highest BCUT2D eigenvalue weighted by molar-refractivity contribution is 5.67. The summed E-state index contributed by atoms with van der Waals surface area (Å²) >= 11 is 0. The van der Waals surface area contributed by atoms with Crippen LogP contribution in [0.1, 0.15) is 32.1 Å². The summed E-state index contributed by atoms with van der Waals surface area (Å²) < 4.78 is 0. The third kappa shape index (κ3) is 4.00. The highest BCUT2D eigenvalue weighted by Crippen LogP contribution is 2.26. The average molecular weight is 213 g/mol. The summed E-state index contributed by atoms with van der Waals surface area (Å²) in [6, 6.07) is 0.383. The first-order chi connectivity index (χ1) is 7.13. The SMILES string of the molecule is CN1CCC(CC(=O)O)CC1CCC=O. The Morgan fingerprint density at radius 2 is 2.33 bits per heavy atom. The predicted molar refractivity (Wildman–Crippen MR) is 56.7 cm³/mol. The molecule has 1 fully saturated rings. The van der Waals surface area contributed by atoms with Gasteiger partial charge in [-0.3, -0.25) is 4.79 Å². The van der Waals surface area contributed by atoms with Gasteiger partial charge >= 0.3 is 5.97 Å². The van der Waals surface area contributed by atoms with Crippen molar-refractivity contribution in [3.05, 3.63) is 0 Å². The number of hydrogen-bond donors (Lipinski definition) is 1. The maximum atomic E-state index is 10.6. The van der Waals surface area contributed by atoms with Crippen molar-refractivity contribution in [2.24, 2.45) is 5.92 Å². The van der Waals surface area contributed by atoms with Gasteiger partial charge in [-0.25, -0.2) is 0 Å². The summed E-state index contributed by atoms with van der Waals surface area (Å²) in [5, 5.41) is 8.72. The molecule has 0 bridgehead atoms. The Bertz CT molecular complexity index is 230. The van der Waals surface area contributed by atoms with Gasteiger partial charge in [-0.15, -0.1) is 0 Å². The molecular weight excluding hydrogens is 194 g/mol. The van der Waals surface area contributed by atoms with Gasteiger partial charge in [0.25, 0.3) is 0 Å². The molecule has 0 aromatic rings. The smallest absolute Gasteiger partial charge is 0.303 e. The zero-order valence-corrected chi connectivity index (χ0v) is 9.19. The fourth-order valence-electron chi connectivity index (χ4n) is 2.28. The lowest BCUT2D eigenvalue weighted by Crippen LogP contribution is -2.40. The molecule has 0 saturated carbocycles. The number of aliphatic carboxylic acids is 1. The second-order valence-electron chi connectivity index (χ2n) is 4.37. The first-order valence-electron chi connectivity index (χ1n) is 5.49. The highest BCUT2D eigenvalue weighted by atomic mass is 16.4. The van der Waals surface area contributed by atoms with E-state index in [4.69, 9.17) is 5.11 Å². The summed E-state index contributed by atoms with van der Waals surface area (Å²) in [4.78, 5) is 23.1. The van der Waals surface area contributed by atoms with Gasteiger partial charge in [-0.2, -0.15) is 0 Å². The molecule has 0 amide bonds. The Balaban J connectivity index is 2.40. The number of likely N-dealkylation sites (tertiary alicyclic amines) is 1. The number of nitrogens with zero attached hydrogens (tertiary/aromatic N) is 1. The molecule has 4 heteroatoms. The topological polar surface area (TPSA) is 57.6 Å². The first-order valence-corrected chi connectivity index (χ1v) is 5.49. The van der Waals surface area contributed by atoms with Gasteiger partial charge in [0, 0.05) is 18.9 Å². The van der Waals surface area contributed by atoms with Crippen molar-refractivity contribution in [2.45, 2.75) is 38.1 Å². The molecule has 1 aliphatic rings. The lowest BCUT2D eigenvalue weighted by molar-refractivity contribution is -0.138. The molecule has 1 aliphatic heterocycles. The molecule has 0 aromatic heterocycles. The minimum Gasteiger partial charge on any atom is -0.481 e. The number of carboxylic acids is 1. The monoisotopic (exact) mass is 213 g/mol. The number of aldehydes is 1. The summed E-state index contributed by atoms with van der Waals surface area (Å²) in [6.07, 6.45) is 4.52. The van der Waals surface area contributed by atoms with Gasteiger partial charge in [0.2, 0.25) is 0 Å². The van der Waals surface area contributed by atoms with Crippen LogP contribution in [-0.2, 0) is 9.59 Å². The summed E-state index contributed by atoms with van der Waals surface area (Å²) in [7, 11) is 2.05. The van der Waals surface area contributed by atoms with Gasteiger partial charge in [0.15, 0.2) is 0 Å². The van der Waals surface area contributed by atoms with Crippen LogP contribution < -0.4 is 0 Å². The van der Waals surface area contributed by atoms with Gasteiger partial charge < -0.3 is 14.8 Å². The first kappa shape index (κ1) is 12.2. The third-order valence-corrected chi connectivity index (χ3v) is 3.20. The average Bonchev–Trinajstić information content (AvgIpc) is 2.18. The second kappa shape index (κ2) is 5.85. The zero-order valence-electron chi connectivity index (χ0n) is 9.19. The largest absolute Gasteiger partial charge is 0.481 e. The molecule has 1 rings (SSSR count). The number of carbonyl (C=O) groups excluding carboxylic acids is 1. The number of hydrogen-bond acceptors (Lipinski definition) is 3. The van der Waals surface area contributed by atoms with Crippen LogP contribution in [0.2, 0.25) is 0 Å². The summed E-state index contributed by atoms with van der Waals surface area (Å²) in [6.45, 7) is 0.946. The van der Waals surface area contributed by atoms with E-state index in [9.17, 15) is 9.59 Å². The maximum absolute atomic E-state index is 10.6. The second-order valence-corrected chi connectivity index (χ2v) is 4.37. The lowest BCUT2D eigenvalue weighted by Gasteiger charge is -2.36. The van der Waals surface area contributed by atoms with Crippen LogP contribution in [0, 0.1) is 5.92 Å². The number of rotatable bonds is 5. The van der Waals surface area contributed by atoms with E-state index in [1.165, 1.54) is 0 Å². The molecule has 1 heterocycles. The standard InChI is InChI=1S/C11H19NO3/c1-12-5-4-9(8-11(14)15)7-10(12)3-2-6-13/h6,9-10H,2-5,7-8H2,1H3,(H,14,15). The van der Waals surface area contributed by atoms with Crippen molar-refractivity contribution >= 4 is 12.3 Å². The van der Waals surface area contributed by atoms with Crippen LogP contribution in [0.4, 0.5) is 0 Å². The van der Waals surface area contributed by atoms with E-state index in [2.05, 4.69) is 4.90 Å². The molecule has 0 spiro atoms. The van der Waals surface area contributed by atoms with E-state index in [1.54, 1.807) is 0 Å². The molecule has 0 aliphatic carbocycles. The fraction of sp³-hybridized carbons (Fsp3) is 0.818. The molecule has 2 unspecified atom stereocenters. The number of carbonyl (C=O) groups is 2. The number of carboxylic acid groups (broad SMARTS) is 1.